The van der Waals surface area contributed by atoms with Gasteiger partial charge in [0.15, 0.2) is 5.78 Å². The first-order valence-corrected chi connectivity index (χ1v) is 11.4. The van der Waals surface area contributed by atoms with Crippen LogP contribution in [0.2, 0.25) is 5.02 Å². The average molecular weight is 483 g/mol. The van der Waals surface area contributed by atoms with Crippen molar-refractivity contribution in [1.82, 2.24) is 0 Å². The van der Waals surface area contributed by atoms with E-state index >= 15 is 0 Å². The summed E-state index contributed by atoms with van der Waals surface area (Å²) >= 11 is 11.9. The molecule has 6 heteroatoms. The van der Waals surface area contributed by atoms with Crippen LogP contribution in [0.25, 0.3) is 0 Å². The first-order valence-electron chi connectivity index (χ1n) is 10.6. The summed E-state index contributed by atoms with van der Waals surface area (Å²) in [4.78, 5) is 14.4. The molecule has 166 valence electrons. The number of carbonyl (C=O) groups excluding carboxylic acids is 1. The van der Waals surface area contributed by atoms with E-state index in [1.807, 2.05) is 72.8 Å². The lowest BCUT2D eigenvalue weighted by Crippen LogP contribution is -2.37. The summed E-state index contributed by atoms with van der Waals surface area (Å²) in [6.45, 7) is 0. The molecule has 1 N–H and O–H groups in total. The first-order chi connectivity index (χ1) is 16.5. The van der Waals surface area contributed by atoms with Crippen LogP contribution in [0.1, 0.15) is 34.4 Å². The number of ketones is 1. The van der Waals surface area contributed by atoms with Crippen LogP contribution in [0.3, 0.4) is 0 Å². The molecule has 0 heterocycles. The van der Waals surface area contributed by atoms with Gasteiger partial charge in [-0.25, -0.2) is 0 Å². The van der Waals surface area contributed by atoms with Gasteiger partial charge in [0.05, 0.1) is 24.0 Å². The molecule has 1 aliphatic rings. The van der Waals surface area contributed by atoms with Crippen LogP contribution >= 0.6 is 23.8 Å². The van der Waals surface area contributed by atoms with Gasteiger partial charge in [0.25, 0.3) is 0 Å². The summed E-state index contributed by atoms with van der Waals surface area (Å²) in [6, 6.07) is 28.9. The lowest BCUT2D eigenvalue weighted by Gasteiger charge is -2.35. The number of hydrogen-bond donors (Lipinski definition) is 1. The second-order valence-corrected chi connectivity index (χ2v) is 8.93. The van der Waals surface area contributed by atoms with Crippen molar-refractivity contribution in [3.8, 4) is 12.1 Å². The molecule has 0 saturated carbocycles. The number of nitriles is 2. The summed E-state index contributed by atoms with van der Waals surface area (Å²) < 4.78 is 0. The number of hydrogen-bond acceptors (Lipinski definition) is 5. The average Bonchev–Trinajstić information content (AvgIpc) is 2.86. The van der Waals surface area contributed by atoms with Crippen LogP contribution in [-0.4, -0.2) is 15.8 Å². The second kappa shape index (κ2) is 10.0. The van der Waals surface area contributed by atoms with E-state index in [4.69, 9.17) is 23.8 Å². The van der Waals surface area contributed by atoms with Gasteiger partial charge in [0.1, 0.15) is 11.7 Å². The number of halogens is 1. The highest BCUT2D eigenvalue weighted by Crippen LogP contribution is 2.46. The minimum atomic E-state index is -1.21. The largest absolute Gasteiger partial charge is 0.511 e. The molecule has 3 aromatic carbocycles. The number of Topliss-reactive ketones (excluding diaryl/α,β-unsaturated/α-hetero) is 1. The summed E-state index contributed by atoms with van der Waals surface area (Å²) in [5.74, 6) is -4.34. The standard InChI is InChI=1S/C28H19ClN2O2S/c29-21-13-11-19(12-14-21)22(20(15-30)16-31)25-26(32)23(17-7-3-1-4-8-17)28(34)24(27(25)33)18-9-5-2-6-10-18/h1-14,20,22-24,32H/t22-,23+,24+/m0/s1. The van der Waals surface area contributed by atoms with Crippen LogP contribution < -0.4 is 0 Å². The van der Waals surface area contributed by atoms with Crippen molar-refractivity contribution in [1.29, 1.82) is 10.5 Å². The molecule has 3 aromatic rings. The summed E-state index contributed by atoms with van der Waals surface area (Å²) in [6.07, 6.45) is 0. The number of thiocarbonyl (C=S) groups is 1. The zero-order chi connectivity index (χ0) is 24.2. The summed E-state index contributed by atoms with van der Waals surface area (Å²) in [5, 5.41) is 31.6. The van der Waals surface area contributed by atoms with Gasteiger partial charge < -0.3 is 5.11 Å². The highest BCUT2D eigenvalue weighted by molar-refractivity contribution is 7.80. The Labute approximate surface area is 208 Å². The summed E-state index contributed by atoms with van der Waals surface area (Å²) in [7, 11) is 0. The number of nitrogens with zero attached hydrogens (tertiary/aromatic N) is 2. The van der Waals surface area contributed by atoms with Gasteiger partial charge in [-0.1, -0.05) is 96.6 Å². The third-order valence-corrected chi connectivity index (χ3v) is 6.79. The molecule has 0 aliphatic heterocycles. The minimum Gasteiger partial charge on any atom is -0.511 e. The van der Waals surface area contributed by atoms with E-state index in [0.717, 1.165) is 5.56 Å². The normalized spacial score (nSPS) is 18.9. The topological polar surface area (TPSA) is 84.9 Å². The maximum Gasteiger partial charge on any atom is 0.175 e. The van der Waals surface area contributed by atoms with Crippen molar-refractivity contribution in [2.75, 3.05) is 0 Å². The molecule has 3 atom stereocenters. The molecular weight excluding hydrogens is 464 g/mol. The molecule has 0 fully saturated rings. The lowest BCUT2D eigenvalue weighted by molar-refractivity contribution is -0.116. The van der Waals surface area contributed by atoms with Crippen molar-refractivity contribution in [2.24, 2.45) is 5.92 Å². The van der Waals surface area contributed by atoms with Gasteiger partial charge in [-0.3, -0.25) is 4.79 Å². The Hall–Kier alpha value is -3.77. The molecule has 4 rings (SSSR count). The molecule has 0 aromatic heterocycles. The minimum absolute atomic E-state index is 0.0340. The number of rotatable bonds is 5. The Kier molecular flexibility index (Phi) is 6.89. The fraction of sp³-hybridized carbons (Fsp3) is 0.143. The monoisotopic (exact) mass is 482 g/mol. The Morgan fingerprint density at radius 2 is 1.32 bits per heavy atom. The number of carbonyl (C=O) groups is 1. The molecule has 0 unspecified atom stereocenters. The van der Waals surface area contributed by atoms with E-state index in [2.05, 4.69) is 0 Å². The van der Waals surface area contributed by atoms with Gasteiger partial charge in [0, 0.05) is 21.4 Å². The fourth-order valence-electron chi connectivity index (χ4n) is 4.48. The van der Waals surface area contributed by atoms with Gasteiger partial charge in [0.2, 0.25) is 0 Å². The van der Waals surface area contributed by atoms with Crippen molar-refractivity contribution < 1.29 is 9.90 Å². The van der Waals surface area contributed by atoms with E-state index in [1.165, 1.54) is 0 Å². The maximum absolute atomic E-state index is 14.0. The highest BCUT2D eigenvalue weighted by atomic mass is 35.5. The molecular formula is C28H19ClN2O2S. The zero-order valence-corrected chi connectivity index (χ0v) is 19.5. The Bertz CT molecular complexity index is 1330. The van der Waals surface area contributed by atoms with E-state index in [1.54, 1.807) is 24.3 Å². The Morgan fingerprint density at radius 1 is 0.824 bits per heavy atom. The predicted molar refractivity (Wildman–Crippen MR) is 135 cm³/mol. The van der Waals surface area contributed by atoms with Gasteiger partial charge in [-0.2, -0.15) is 10.5 Å². The predicted octanol–water partition coefficient (Wildman–Crippen LogP) is 6.42. The van der Waals surface area contributed by atoms with Crippen molar-refractivity contribution >= 4 is 34.5 Å². The van der Waals surface area contributed by atoms with Crippen LogP contribution in [0, 0.1) is 28.6 Å². The third kappa shape index (κ3) is 4.24. The number of aliphatic hydroxyl groups excluding tert-OH is 1. The molecule has 0 amide bonds. The van der Waals surface area contributed by atoms with E-state index < -0.39 is 29.5 Å². The molecule has 34 heavy (non-hydrogen) atoms. The number of benzene rings is 3. The summed E-state index contributed by atoms with van der Waals surface area (Å²) in [5.41, 5.74) is 2.01. The van der Waals surface area contributed by atoms with E-state index in [0.29, 0.717) is 21.0 Å². The number of aliphatic hydroxyl groups is 1. The SMILES string of the molecule is N#CC(C#N)[C@@H](C1=C(O)[C@@H](c2ccccc2)C(=S)[C@H](c2ccccc2)C1=O)c1ccc(Cl)cc1. The molecule has 1 aliphatic carbocycles. The maximum atomic E-state index is 14.0. The second-order valence-electron chi connectivity index (χ2n) is 8.02. The van der Waals surface area contributed by atoms with Gasteiger partial charge in [-0.05, 0) is 28.8 Å². The lowest BCUT2D eigenvalue weighted by atomic mass is 9.68. The van der Waals surface area contributed by atoms with Crippen molar-refractivity contribution in [3.05, 3.63) is 118 Å². The van der Waals surface area contributed by atoms with Gasteiger partial charge >= 0.3 is 0 Å². The quantitative estimate of drug-likeness (QED) is 0.424. The molecule has 0 bridgehead atoms. The smallest absolute Gasteiger partial charge is 0.175 e. The highest BCUT2D eigenvalue weighted by Gasteiger charge is 2.46. The van der Waals surface area contributed by atoms with Crippen molar-refractivity contribution in [2.45, 2.75) is 17.8 Å². The van der Waals surface area contributed by atoms with Crippen molar-refractivity contribution in [3.63, 3.8) is 0 Å². The van der Waals surface area contributed by atoms with Crippen LogP contribution in [0.15, 0.2) is 96.3 Å². The molecule has 4 nitrogen and oxygen atoms in total. The van der Waals surface area contributed by atoms with Crippen LogP contribution in [0.5, 0.6) is 0 Å². The third-order valence-electron chi connectivity index (χ3n) is 6.06. The molecule has 0 radical (unpaired) electrons. The fourth-order valence-corrected chi connectivity index (χ4v) is 5.10. The first kappa shape index (κ1) is 23.4. The Balaban J connectivity index is 1.99. The molecule has 0 spiro atoms. The molecule has 0 saturated heterocycles. The van der Waals surface area contributed by atoms with E-state index in [9.17, 15) is 20.4 Å². The Morgan fingerprint density at radius 3 is 1.82 bits per heavy atom. The van der Waals surface area contributed by atoms with Gasteiger partial charge in [-0.15, -0.1) is 0 Å². The van der Waals surface area contributed by atoms with Crippen LogP contribution in [0.4, 0.5) is 0 Å². The number of allylic oxidation sites excluding steroid dienone is 2. The zero-order valence-electron chi connectivity index (χ0n) is 17.9. The van der Waals surface area contributed by atoms with Crippen LogP contribution in [-0.2, 0) is 4.79 Å². The van der Waals surface area contributed by atoms with E-state index in [-0.39, 0.29) is 11.3 Å².